The number of furan rings is 2. The van der Waals surface area contributed by atoms with Crippen molar-refractivity contribution in [2.24, 2.45) is 0 Å². The van der Waals surface area contributed by atoms with Crippen molar-refractivity contribution < 1.29 is 22.1 Å². The Bertz CT molecular complexity index is 2730. The van der Waals surface area contributed by atoms with Gasteiger partial charge in [-0.3, -0.25) is 4.98 Å². The third-order valence-corrected chi connectivity index (χ3v) is 18.7. The highest BCUT2D eigenvalue weighted by atomic mass is 32.1. The van der Waals surface area contributed by atoms with E-state index in [-0.39, 0.29) is 54.1 Å². The van der Waals surface area contributed by atoms with Crippen LogP contribution in [0.4, 0.5) is 0 Å². The highest BCUT2D eigenvalue weighted by molar-refractivity contribution is 7.10. The van der Waals surface area contributed by atoms with Crippen LogP contribution in [0.25, 0.3) is 0 Å². The molecule has 0 bridgehead atoms. The summed E-state index contributed by atoms with van der Waals surface area (Å²) in [6.07, 6.45) is 20.5. The third-order valence-electron chi connectivity index (χ3n) is 13.3. The van der Waals surface area contributed by atoms with Gasteiger partial charge in [0, 0.05) is 82.4 Å². The van der Waals surface area contributed by atoms with Gasteiger partial charge in [0.05, 0.1) is 64.3 Å². The van der Waals surface area contributed by atoms with Crippen molar-refractivity contribution in [1.29, 1.82) is 0 Å². The van der Waals surface area contributed by atoms with Crippen LogP contribution in [0.1, 0.15) is 441 Å². The first-order valence-electron chi connectivity index (χ1n) is 44.4. The second-order valence-corrected chi connectivity index (χ2v) is 39.4. The molecule has 0 aliphatic heterocycles. The first-order valence-corrected chi connectivity index (χ1v) is 49.7. The van der Waals surface area contributed by atoms with Crippen LogP contribution in [0.5, 0.6) is 0 Å². The predicted octanol–water partition coefficient (Wildman–Crippen LogP) is 37.6. The molecule has 0 amide bonds. The van der Waals surface area contributed by atoms with Gasteiger partial charge >= 0.3 is 0 Å². The number of rotatable bonds is 0. The molecule has 0 saturated carbocycles. The molecule has 704 valence electrons. The SMILES string of the molecule is CC.CC.CC.CC.CC.CC.CC.CC.CC.CC.CC.CC(C)(C)c1ccco1.CC(C)(C)c1ccns1.CC(C)(C)c1ccoc1.CC(C)(C)c1ccsc1.CC(C)(C)c1ccsn1.CC(C)(C)c1cnco1.CC(C)(C)c1cncs1.CC(C)(C)c1cocn1.CC(C)(C)c1cscn1.CC(C)(C)c1ncco1.CC(C)(C)c1nccs1. The van der Waals surface area contributed by atoms with Crippen LogP contribution in [0.15, 0.2) is 171 Å². The van der Waals surface area contributed by atoms with Crippen LogP contribution in [0, 0.1) is 0 Å². The van der Waals surface area contributed by atoms with Gasteiger partial charge in [-0.15, -0.1) is 34.0 Å². The monoisotopic (exact) mass is 1800 g/mol. The Labute approximate surface area is 773 Å². The van der Waals surface area contributed by atoms with E-state index in [0.717, 1.165) is 23.1 Å². The summed E-state index contributed by atoms with van der Waals surface area (Å²) in [4.78, 5) is 27.0. The Hall–Kier alpha value is -5.96. The maximum absolute atomic E-state index is 5.20. The van der Waals surface area contributed by atoms with Gasteiger partial charge in [0.15, 0.2) is 18.7 Å². The molecule has 0 spiro atoms. The lowest BCUT2D eigenvalue weighted by Gasteiger charge is -2.15. The molecule has 0 aromatic carbocycles. The quantitative estimate of drug-likeness (QED) is 0.141. The minimum absolute atomic E-state index is 0.0451. The largest absolute Gasteiger partial charge is 0.472 e. The fraction of sp³-hybridized carbons (Fsp3) is 0.647. The first kappa shape index (κ1) is 138. The van der Waals surface area contributed by atoms with Crippen molar-refractivity contribution >= 4 is 68.4 Å². The number of thiazole rings is 3. The van der Waals surface area contributed by atoms with Crippen LogP contribution >= 0.6 is 68.4 Å². The van der Waals surface area contributed by atoms with E-state index >= 15 is 0 Å². The van der Waals surface area contributed by atoms with Crippen LogP contribution < -0.4 is 0 Å². The van der Waals surface area contributed by atoms with Gasteiger partial charge in [-0.2, -0.15) is 15.7 Å². The number of hydrogen-bond acceptors (Lipinski definition) is 19. The van der Waals surface area contributed by atoms with Gasteiger partial charge in [0.25, 0.3) is 0 Å². The molecule has 0 aliphatic carbocycles. The van der Waals surface area contributed by atoms with Crippen molar-refractivity contribution in [2.45, 2.75) is 440 Å². The molecule has 11 aromatic rings. The summed E-state index contributed by atoms with van der Waals surface area (Å²) in [5.41, 5.74) is 12.0. The predicted molar refractivity (Wildman–Crippen MR) is 552 cm³/mol. The molecule has 11 aromatic heterocycles. The van der Waals surface area contributed by atoms with Gasteiger partial charge in [-0.05, 0) is 103 Å². The van der Waals surface area contributed by atoms with E-state index < -0.39 is 0 Å². The van der Waals surface area contributed by atoms with E-state index in [2.05, 4.69) is 301 Å². The molecule has 0 atom stereocenters. The fourth-order valence-corrected chi connectivity index (χ4v) is 11.2. The Morgan fingerprint density at radius 3 is 0.983 bits per heavy atom. The molecular weight excluding hydrogens is 1610 g/mol. The maximum atomic E-state index is 5.20. The van der Waals surface area contributed by atoms with Crippen LogP contribution in [0.2, 0.25) is 0 Å². The molecule has 0 aliphatic rings. The van der Waals surface area contributed by atoms with Gasteiger partial charge in [-0.1, -0.05) is 381 Å². The second kappa shape index (κ2) is 77.6. The van der Waals surface area contributed by atoms with Crippen molar-refractivity contribution in [3.63, 3.8) is 0 Å². The zero-order valence-electron chi connectivity index (χ0n) is 88.5. The number of thiophene rings is 1. The van der Waals surface area contributed by atoms with Crippen molar-refractivity contribution in [2.75, 3.05) is 0 Å². The van der Waals surface area contributed by atoms with E-state index in [9.17, 15) is 0 Å². The Morgan fingerprint density at radius 1 is 0.298 bits per heavy atom. The zero-order valence-corrected chi connectivity index (χ0v) is 93.4. The van der Waals surface area contributed by atoms with Crippen LogP contribution in [0.3, 0.4) is 0 Å². The van der Waals surface area contributed by atoms with Gasteiger partial charge < -0.3 is 22.1 Å². The molecule has 11 heterocycles. The number of hydrogen-bond donors (Lipinski definition) is 0. The molecule has 19 heteroatoms. The molecule has 121 heavy (non-hydrogen) atoms. The summed E-state index contributed by atoms with van der Waals surface area (Å²) in [7, 11) is 0. The zero-order chi connectivity index (χ0) is 98.0. The lowest BCUT2D eigenvalue weighted by Crippen LogP contribution is -2.10. The molecular formula is C102H190N8O5S6. The molecule has 0 radical (unpaired) electrons. The number of aromatic nitrogens is 8. The Kier molecular flexibility index (Phi) is 88.6. The average molecular weight is 1800 g/mol. The molecule has 13 nitrogen and oxygen atoms in total. The normalized spacial score (nSPS) is 10.3. The van der Waals surface area contributed by atoms with E-state index in [1.54, 1.807) is 101 Å². The van der Waals surface area contributed by atoms with Gasteiger partial charge in [0.2, 0.25) is 0 Å². The number of nitrogens with zero attached hydrogens (tertiary/aromatic N) is 8. The second-order valence-electron chi connectivity index (χ2n) is 34.7. The lowest BCUT2D eigenvalue weighted by molar-refractivity contribution is 0.392. The summed E-state index contributed by atoms with van der Waals surface area (Å²) in [5, 5.41) is 11.7. The van der Waals surface area contributed by atoms with E-state index in [0.29, 0.717) is 5.41 Å². The number of oxazole rings is 3. The minimum Gasteiger partial charge on any atom is -0.472 e. The fourth-order valence-electron chi connectivity index (χ4n) is 6.82. The van der Waals surface area contributed by atoms with Gasteiger partial charge in [-0.25, -0.2) is 29.3 Å². The molecule has 11 rings (SSSR count). The first-order chi connectivity index (χ1) is 56.2. The standard InChI is InChI=1S/2C8H12O.C8H12S.3C7H11NO.5C7H11NS.11C2H6/c1-8(2,3)7-4-5-9-6-7;1-8(2,3)7-5-4-6-9-7;1-8(2,3)7-4-5-9-6-7;1-7(2,3)6-4-9-5-8-6;1-7(2,3)6-4-8-5-9-6;1-7(2,3)6-8-4-5-9-6;1-7(2,3)6-4-9-5-8-6;1-7(2,3)6-4-8-5-9-6;1-7(2,3)6-8-4-5-9-6;1-7(2,3)6-4-5-9-8-6;1-7(2,3)6-4-5-8-9-6;11*1-2/h3*4-6H,1-3H3;8*4-5H,1-3H3;11*1-2H3. The summed E-state index contributed by atoms with van der Waals surface area (Å²) < 4.78 is 33.4. The van der Waals surface area contributed by atoms with Gasteiger partial charge in [0.1, 0.15) is 24.0 Å². The third kappa shape index (κ3) is 76.2. The highest BCUT2D eigenvalue weighted by Crippen LogP contribution is 2.29. The lowest BCUT2D eigenvalue weighted by atomic mass is 9.89. The van der Waals surface area contributed by atoms with E-state index in [1.165, 1.54) is 61.6 Å². The van der Waals surface area contributed by atoms with Crippen molar-refractivity contribution in [3.8, 4) is 0 Å². The molecule has 0 unspecified atom stereocenters. The summed E-state index contributed by atoms with van der Waals surface area (Å²) in [5.74, 6) is 2.77. The summed E-state index contributed by atoms with van der Waals surface area (Å²) >= 11 is 9.96. The van der Waals surface area contributed by atoms with E-state index in [1.807, 2.05) is 211 Å². The smallest absolute Gasteiger partial charge is 0.199 e. The highest BCUT2D eigenvalue weighted by Gasteiger charge is 2.22. The van der Waals surface area contributed by atoms with Crippen molar-refractivity contribution in [3.05, 3.63) is 210 Å². The molecule has 0 N–H and O–H groups in total. The Morgan fingerprint density at radius 2 is 0.802 bits per heavy atom. The van der Waals surface area contributed by atoms with Crippen LogP contribution in [-0.2, 0) is 59.6 Å². The summed E-state index contributed by atoms with van der Waals surface area (Å²) in [6.45, 7) is 115. The van der Waals surface area contributed by atoms with Crippen LogP contribution in [-0.4, -0.2) is 38.7 Å². The molecule has 0 fully saturated rings. The Balaban J connectivity index is -0.000000119. The molecule has 0 saturated heterocycles. The maximum Gasteiger partial charge on any atom is 0.199 e. The topological polar surface area (TPSA) is 169 Å². The summed E-state index contributed by atoms with van der Waals surface area (Å²) in [6, 6.07) is 12.3. The minimum atomic E-state index is 0.0451. The van der Waals surface area contributed by atoms with Crippen molar-refractivity contribution in [1.82, 2.24) is 38.7 Å². The average Bonchev–Trinajstić information content (AvgIpc) is 1.88. The van der Waals surface area contributed by atoms with E-state index in [4.69, 9.17) is 22.1 Å².